The number of likely N-dealkylation sites (tertiary alicyclic amines) is 1. The fourth-order valence-corrected chi connectivity index (χ4v) is 4.69. The molecular formula is C18H22N4O2S. The summed E-state index contributed by atoms with van der Waals surface area (Å²) in [4.78, 5) is 25.2. The molecule has 2 fully saturated rings. The Labute approximate surface area is 151 Å². The van der Waals surface area contributed by atoms with E-state index in [9.17, 15) is 9.90 Å². The van der Waals surface area contributed by atoms with Gasteiger partial charge in [-0.25, -0.2) is 9.97 Å². The minimum absolute atomic E-state index is 0.0414. The van der Waals surface area contributed by atoms with Crippen molar-refractivity contribution in [2.45, 2.75) is 31.8 Å². The number of pyridine rings is 1. The first-order valence-electron chi connectivity index (χ1n) is 8.61. The first-order valence-corrected chi connectivity index (χ1v) is 9.49. The highest BCUT2D eigenvalue weighted by Gasteiger charge is 2.57. The standard InChI is InChI=1S/C18H22N4O2S/c1-21(12-15-19-7-10-25-15)14-11-18(14)4-8-22(9-5-18)17(24)16-13(23)3-2-6-20-16/h2-3,6-7,10,14,23H,4-5,8-9,11-12H2,1H3/t14-/m1/s1. The van der Waals surface area contributed by atoms with E-state index >= 15 is 0 Å². The van der Waals surface area contributed by atoms with Gasteiger partial charge in [0.1, 0.15) is 10.8 Å². The quantitative estimate of drug-likeness (QED) is 0.909. The van der Waals surface area contributed by atoms with E-state index in [1.165, 1.54) is 12.5 Å². The van der Waals surface area contributed by atoms with Crippen molar-refractivity contribution in [3.8, 4) is 5.75 Å². The predicted octanol–water partition coefficient (Wildman–Crippen LogP) is 2.37. The number of nitrogens with zero attached hydrogens (tertiary/aromatic N) is 4. The number of aromatic hydroxyl groups is 1. The van der Waals surface area contributed by atoms with Crippen LogP contribution in [-0.4, -0.2) is 57.0 Å². The largest absolute Gasteiger partial charge is 0.505 e. The van der Waals surface area contributed by atoms with Crippen LogP contribution in [0.2, 0.25) is 0 Å². The lowest BCUT2D eigenvalue weighted by Gasteiger charge is -2.34. The third-order valence-electron chi connectivity index (χ3n) is 5.58. The second kappa shape index (κ2) is 6.38. The van der Waals surface area contributed by atoms with Gasteiger partial charge in [0.15, 0.2) is 5.69 Å². The van der Waals surface area contributed by atoms with E-state index in [4.69, 9.17) is 0 Å². The number of hydrogen-bond donors (Lipinski definition) is 1. The number of hydrogen-bond acceptors (Lipinski definition) is 6. The van der Waals surface area contributed by atoms with E-state index in [1.807, 2.05) is 16.5 Å². The van der Waals surface area contributed by atoms with E-state index in [0.29, 0.717) is 11.5 Å². The molecule has 1 saturated heterocycles. The van der Waals surface area contributed by atoms with Gasteiger partial charge in [-0.1, -0.05) is 0 Å². The maximum Gasteiger partial charge on any atom is 0.276 e. The number of amides is 1. The molecule has 1 atom stereocenters. The summed E-state index contributed by atoms with van der Waals surface area (Å²) in [6.45, 7) is 2.36. The number of thiazole rings is 1. The molecule has 0 unspecified atom stereocenters. The van der Waals surface area contributed by atoms with Gasteiger partial charge in [0.2, 0.25) is 0 Å². The summed E-state index contributed by atoms with van der Waals surface area (Å²) in [5, 5.41) is 13.0. The van der Waals surface area contributed by atoms with Crippen molar-refractivity contribution in [2.75, 3.05) is 20.1 Å². The second-order valence-corrected chi connectivity index (χ2v) is 8.07. The third-order valence-corrected chi connectivity index (χ3v) is 6.35. The van der Waals surface area contributed by atoms with Crippen LogP contribution in [0.15, 0.2) is 29.9 Å². The molecule has 1 aliphatic heterocycles. The van der Waals surface area contributed by atoms with Crippen LogP contribution < -0.4 is 0 Å². The molecule has 1 amide bonds. The summed E-state index contributed by atoms with van der Waals surface area (Å²) in [5.41, 5.74) is 0.501. The van der Waals surface area contributed by atoms with Gasteiger partial charge in [0.05, 0.1) is 6.54 Å². The monoisotopic (exact) mass is 358 g/mol. The molecule has 1 N–H and O–H groups in total. The van der Waals surface area contributed by atoms with E-state index in [1.54, 1.807) is 23.6 Å². The molecule has 2 aromatic rings. The van der Waals surface area contributed by atoms with Gasteiger partial charge in [0.25, 0.3) is 5.91 Å². The Hall–Kier alpha value is -1.99. The van der Waals surface area contributed by atoms with Gasteiger partial charge >= 0.3 is 0 Å². The fraction of sp³-hybridized carbons (Fsp3) is 0.500. The molecule has 1 aliphatic carbocycles. The second-order valence-electron chi connectivity index (χ2n) is 7.09. The van der Waals surface area contributed by atoms with Crippen molar-refractivity contribution >= 4 is 17.2 Å². The summed E-state index contributed by atoms with van der Waals surface area (Å²) in [7, 11) is 2.17. The Kier molecular flexibility index (Phi) is 4.21. The number of piperidine rings is 1. The summed E-state index contributed by atoms with van der Waals surface area (Å²) in [5.74, 6) is -0.207. The molecule has 0 radical (unpaired) electrons. The molecule has 6 nitrogen and oxygen atoms in total. The molecule has 0 bridgehead atoms. The van der Waals surface area contributed by atoms with Crippen LogP contribution in [0.3, 0.4) is 0 Å². The van der Waals surface area contributed by atoms with E-state index in [0.717, 1.165) is 37.5 Å². The first kappa shape index (κ1) is 16.5. The number of carbonyl (C=O) groups is 1. The normalized spacial score (nSPS) is 21.7. The molecular weight excluding hydrogens is 336 g/mol. The van der Waals surface area contributed by atoms with E-state index in [-0.39, 0.29) is 17.4 Å². The maximum absolute atomic E-state index is 12.6. The van der Waals surface area contributed by atoms with Crippen LogP contribution in [0.25, 0.3) is 0 Å². The fourth-order valence-electron chi connectivity index (χ4n) is 4.01. The van der Waals surface area contributed by atoms with Gasteiger partial charge in [0, 0.05) is 36.9 Å². The third kappa shape index (κ3) is 3.14. The summed E-state index contributed by atoms with van der Waals surface area (Å²) in [6, 6.07) is 3.72. The van der Waals surface area contributed by atoms with Gasteiger partial charge < -0.3 is 10.0 Å². The minimum atomic E-state index is -0.165. The number of rotatable bonds is 4. The summed E-state index contributed by atoms with van der Waals surface area (Å²) < 4.78 is 0. The highest BCUT2D eigenvalue weighted by Crippen LogP contribution is 2.56. The summed E-state index contributed by atoms with van der Waals surface area (Å²) in [6.07, 6.45) is 6.63. The molecule has 1 saturated carbocycles. The van der Waals surface area contributed by atoms with Gasteiger partial charge in [-0.05, 0) is 43.9 Å². The van der Waals surface area contributed by atoms with Gasteiger partial charge in [-0.15, -0.1) is 11.3 Å². The number of aromatic nitrogens is 2. The molecule has 3 heterocycles. The lowest BCUT2D eigenvalue weighted by Crippen LogP contribution is -2.41. The van der Waals surface area contributed by atoms with Crippen molar-refractivity contribution in [3.05, 3.63) is 40.6 Å². The molecule has 2 aromatic heterocycles. The molecule has 25 heavy (non-hydrogen) atoms. The smallest absolute Gasteiger partial charge is 0.276 e. The Balaban J connectivity index is 1.35. The molecule has 132 valence electrons. The van der Waals surface area contributed by atoms with Crippen LogP contribution >= 0.6 is 11.3 Å². The highest BCUT2D eigenvalue weighted by molar-refractivity contribution is 7.09. The van der Waals surface area contributed by atoms with Crippen LogP contribution in [0.5, 0.6) is 5.75 Å². The van der Waals surface area contributed by atoms with E-state index in [2.05, 4.69) is 21.9 Å². The Morgan fingerprint density at radius 2 is 2.20 bits per heavy atom. The van der Waals surface area contributed by atoms with Gasteiger partial charge in [-0.3, -0.25) is 9.69 Å². The van der Waals surface area contributed by atoms with Crippen molar-refractivity contribution in [1.82, 2.24) is 19.8 Å². The average Bonchev–Trinajstić information content (AvgIpc) is 3.07. The zero-order valence-corrected chi connectivity index (χ0v) is 15.1. The molecule has 7 heteroatoms. The molecule has 2 aliphatic rings. The highest BCUT2D eigenvalue weighted by atomic mass is 32.1. The molecule has 4 rings (SSSR count). The van der Waals surface area contributed by atoms with Crippen LogP contribution in [0, 0.1) is 5.41 Å². The van der Waals surface area contributed by atoms with Crippen LogP contribution in [0.1, 0.15) is 34.8 Å². The topological polar surface area (TPSA) is 69.6 Å². The first-order chi connectivity index (χ1) is 12.1. The van der Waals surface area contributed by atoms with Crippen molar-refractivity contribution < 1.29 is 9.90 Å². The number of carbonyl (C=O) groups excluding carboxylic acids is 1. The molecule has 0 aromatic carbocycles. The predicted molar refractivity (Wildman–Crippen MR) is 95.5 cm³/mol. The lowest BCUT2D eigenvalue weighted by atomic mass is 9.92. The summed E-state index contributed by atoms with van der Waals surface area (Å²) >= 11 is 1.70. The molecule has 1 spiro atoms. The average molecular weight is 358 g/mol. The zero-order chi connectivity index (χ0) is 17.4. The zero-order valence-electron chi connectivity index (χ0n) is 14.3. The van der Waals surface area contributed by atoms with E-state index < -0.39 is 0 Å². The minimum Gasteiger partial charge on any atom is -0.505 e. The lowest BCUT2D eigenvalue weighted by molar-refractivity contribution is 0.0648. The maximum atomic E-state index is 12.6. The Bertz CT molecular complexity index is 756. The van der Waals surface area contributed by atoms with Crippen molar-refractivity contribution in [1.29, 1.82) is 0 Å². The van der Waals surface area contributed by atoms with Crippen LogP contribution in [0.4, 0.5) is 0 Å². The van der Waals surface area contributed by atoms with Crippen molar-refractivity contribution in [3.63, 3.8) is 0 Å². The Morgan fingerprint density at radius 3 is 2.88 bits per heavy atom. The van der Waals surface area contributed by atoms with Crippen molar-refractivity contribution in [2.24, 2.45) is 5.41 Å². The van der Waals surface area contributed by atoms with Crippen LogP contribution in [-0.2, 0) is 6.54 Å². The SMILES string of the molecule is CN(Cc1nccs1)[C@@H]1CC12CCN(C(=O)c1ncccc1O)CC2. The van der Waals surface area contributed by atoms with Gasteiger partial charge in [-0.2, -0.15) is 0 Å². The Morgan fingerprint density at radius 1 is 1.40 bits per heavy atom.